The van der Waals surface area contributed by atoms with E-state index < -0.39 is 11.7 Å². The number of benzene rings is 1. The molecule has 2 aromatic rings. The van der Waals surface area contributed by atoms with Crippen LogP contribution in [0.2, 0.25) is 0 Å². The first-order chi connectivity index (χ1) is 13.8. The molecular formula is C20H25F3IN5O. The van der Waals surface area contributed by atoms with Gasteiger partial charge in [-0.2, -0.15) is 13.2 Å². The van der Waals surface area contributed by atoms with E-state index in [1.165, 1.54) is 11.0 Å². The number of likely N-dealkylation sites (N-methyl/N-ethyl adjacent to an activating group) is 1. The number of halogens is 4. The topological polar surface area (TPSA) is 69.6 Å². The Morgan fingerprint density at radius 3 is 2.53 bits per heavy atom. The summed E-state index contributed by atoms with van der Waals surface area (Å²) < 4.78 is 38.6. The molecule has 1 heterocycles. The Balaban J connectivity index is 0.00000450. The minimum absolute atomic E-state index is 0. The monoisotopic (exact) mass is 535 g/mol. The lowest BCUT2D eigenvalue weighted by molar-refractivity contribution is -0.137. The molecule has 0 bridgehead atoms. The minimum atomic E-state index is -4.40. The van der Waals surface area contributed by atoms with Gasteiger partial charge in [0, 0.05) is 39.0 Å². The molecule has 164 valence electrons. The number of hydrogen-bond donors (Lipinski definition) is 2. The summed E-state index contributed by atoms with van der Waals surface area (Å²) in [4.78, 5) is 21.8. The van der Waals surface area contributed by atoms with Crippen LogP contribution in [-0.4, -0.2) is 48.9 Å². The molecule has 0 spiro atoms. The number of nitrogens with zero attached hydrogens (tertiary/aromatic N) is 3. The summed E-state index contributed by atoms with van der Waals surface area (Å²) >= 11 is 0. The van der Waals surface area contributed by atoms with Gasteiger partial charge in [0.1, 0.15) is 0 Å². The summed E-state index contributed by atoms with van der Waals surface area (Å²) in [5.74, 6) is 0.192. The van der Waals surface area contributed by atoms with Gasteiger partial charge in [-0.25, -0.2) is 4.99 Å². The van der Waals surface area contributed by atoms with Crippen molar-refractivity contribution >= 4 is 35.8 Å². The number of aliphatic imine (C=N–C) groups is 1. The van der Waals surface area contributed by atoms with Crippen LogP contribution in [0.15, 0.2) is 53.7 Å². The summed E-state index contributed by atoms with van der Waals surface area (Å²) in [6.45, 7) is 0.561. The highest BCUT2D eigenvalue weighted by Crippen LogP contribution is 2.29. The Morgan fingerprint density at radius 2 is 1.90 bits per heavy atom. The van der Waals surface area contributed by atoms with Crippen LogP contribution in [0, 0.1) is 0 Å². The van der Waals surface area contributed by atoms with E-state index in [2.05, 4.69) is 20.6 Å². The third-order valence-corrected chi connectivity index (χ3v) is 3.98. The molecule has 30 heavy (non-hydrogen) atoms. The number of nitrogens with one attached hydrogen (secondary N) is 2. The van der Waals surface area contributed by atoms with E-state index in [1.807, 2.05) is 18.2 Å². The van der Waals surface area contributed by atoms with Crippen LogP contribution in [0.5, 0.6) is 0 Å². The van der Waals surface area contributed by atoms with E-state index in [1.54, 1.807) is 26.4 Å². The van der Waals surface area contributed by atoms with Crippen molar-refractivity contribution < 1.29 is 18.0 Å². The first-order valence-corrected chi connectivity index (χ1v) is 9.04. The Kier molecular flexibility index (Phi) is 10.6. The Bertz CT molecular complexity index is 829. The second-order valence-electron chi connectivity index (χ2n) is 6.50. The van der Waals surface area contributed by atoms with Gasteiger partial charge in [-0.15, -0.1) is 24.0 Å². The molecule has 2 rings (SSSR count). The summed E-state index contributed by atoms with van der Waals surface area (Å²) in [5.41, 5.74) is 0.594. The summed E-state index contributed by atoms with van der Waals surface area (Å²) in [6, 6.07) is 10.6. The van der Waals surface area contributed by atoms with Crippen LogP contribution >= 0.6 is 24.0 Å². The van der Waals surface area contributed by atoms with Crippen molar-refractivity contribution in [2.75, 3.05) is 27.2 Å². The number of alkyl halides is 3. The molecule has 0 saturated heterocycles. The van der Waals surface area contributed by atoms with E-state index in [9.17, 15) is 18.0 Å². The number of rotatable bonds is 7. The van der Waals surface area contributed by atoms with Crippen molar-refractivity contribution in [1.29, 1.82) is 0 Å². The lowest BCUT2D eigenvalue weighted by Gasteiger charge is -2.15. The molecule has 0 radical (unpaired) electrons. The van der Waals surface area contributed by atoms with E-state index in [0.717, 1.165) is 17.8 Å². The first kappa shape index (κ1) is 25.7. The van der Waals surface area contributed by atoms with Crippen molar-refractivity contribution in [2.45, 2.75) is 19.1 Å². The molecule has 0 aliphatic rings. The molecule has 10 heteroatoms. The quantitative estimate of drug-likeness (QED) is 0.325. The Hall–Kier alpha value is -2.37. The van der Waals surface area contributed by atoms with Crippen molar-refractivity contribution in [1.82, 2.24) is 20.5 Å². The lowest BCUT2D eigenvalue weighted by atomic mass is 10.1. The maximum atomic E-state index is 12.9. The van der Waals surface area contributed by atoms with E-state index in [0.29, 0.717) is 24.5 Å². The van der Waals surface area contributed by atoms with Crippen LogP contribution in [0.3, 0.4) is 0 Å². The third-order valence-electron chi connectivity index (χ3n) is 3.98. The van der Waals surface area contributed by atoms with Crippen molar-refractivity contribution in [3.63, 3.8) is 0 Å². The van der Waals surface area contributed by atoms with Crippen molar-refractivity contribution in [3.05, 3.63) is 65.5 Å². The summed E-state index contributed by atoms with van der Waals surface area (Å²) in [7, 11) is 3.27. The van der Waals surface area contributed by atoms with Gasteiger partial charge in [0.05, 0.1) is 18.7 Å². The molecule has 1 aromatic heterocycles. The van der Waals surface area contributed by atoms with Gasteiger partial charge in [0.15, 0.2) is 5.96 Å². The lowest BCUT2D eigenvalue weighted by Crippen LogP contribution is -2.43. The van der Waals surface area contributed by atoms with E-state index in [4.69, 9.17) is 0 Å². The Morgan fingerprint density at radius 1 is 1.13 bits per heavy atom. The molecule has 0 atom stereocenters. The number of hydrogen-bond acceptors (Lipinski definition) is 3. The molecule has 2 N–H and O–H groups in total. The molecule has 1 aromatic carbocycles. The van der Waals surface area contributed by atoms with Gasteiger partial charge in [-0.1, -0.05) is 18.2 Å². The van der Waals surface area contributed by atoms with Gasteiger partial charge in [-0.3, -0.25) is 9.78 Å². The Labute approximate surface area is 191 Å². The molecular weight excluding hydrogens is 510 g/mol. The fraction of sp³-hybridized carbons (Fsp3) is 0.350. The number of amides is 1. The average molecular weight is 535 g/mol. The maximum absolute atomic E-state index is 12.9. The predicted molar refractivity (Wildman–Crippen MR) is 121 cm³/mol. The third kappa shape index (κ3) is 8.97. The zero-order chi connectivity index (χ0) is 21.3. The summed E-state index contributed by atoms with van der Waals surface area (Å²) in [5, 5.41) is 5.99. The highest BCUT2D eigenvalue weighted by Gasteiger charge is 2.30. The first-order valence-electron chi connectivity index (χ1n) is 9.04. The molecule has 0 aliphatic heterocycles. The molecule has 0 fully saturated rings. The van der Waals surface area contributed by atoms with Gasteiger partial charge >= 0.3 is 6.18 Å². The van der Waals surface area contributed by atoms with Gasteiger partial charge in [0.2, 0.25) is 5.91 Å². The number of carbonyl (C=O) groups excluding carboxylic acids is 1. The number of guanidine groups is 1. The van der Waals surface area contributed by atoms with Crippen LogP contribution in [-0.2, 0) is 23.9 Å². The highest BCUT2D eigenvalue weighted by atomic mass is 127. The fourth-order valence-corrected chi connectivity index (χ4v) is 2.36. The highest BCUT2D eigenvalue weighted by molar-refractivity contribution is 14.0. The maximum Gasteiger partial charge on any atom is 0.416 e. The van der Waals surface area contributed by atoms with E-state index >= 15 is 0 Å². The second-order valence-corrected chi connectivity index (χ2v) is 6.50. The van der Waals surface area contributed by atoms with Gasteiger partial charge in [0.25, 0.3) is 0 Å². The van der Waals surface area contributed by atoms with Crippen LogP contribution in [0.25, 0.3) is 0 Å². The zero-order valence-electron chi connectivity index (χ0n) is 16.7. The standard InChI is InChI=1S/C20H24F3N5O.HI/c1-28(2)18(29)14-27-19(25-11-9-17-8-3-4-10-24-17)26-13-15-6-5-7-16(12-15)20(21,22)23;/h3-8,10,12H,9,11,13-14H2,1-2H3,(H2,25,26,27);1H. The zero-order valence-corrected chi connectivity index (χ0v) is 19.1. The fourth-order valence-electron chi connectivity index (χ4n) is 2.36. The SMILES string of the molecule is CN(C)C(=O)CNC(=NCc1cccc(C(F)(F)F)c1)NCCc1ccccn1.I. The number of pyridine rings is 1. The molecule has 0 unspecified atom stereocenters. The van der Waals surface area contributed by atoms with Crippen LogP contribution < -0.4 is 10.6 Å². The molecule has 0 aliphatic carbocycles. The van der Waals surface area contributed by atoms with Crippen molar-refractivity contribution in [3.8, 4) is 0 Å². The second kappa shape index (κ2) is 12.4. The van der Waals surface area contributed by atoms with Gasteiger partial charge in [-0.05, 0) is 29.8 Å². The molecule has 6 nitrogen and oxygen atoms in total. The minimum Gasteiger partial charge on any atom is -0.356 e. The normalized spacial score (nSPS) is 11.4. The number of aromatic nitrogens is 1. The van der Waals surface area contributed by atoms with Crippen LogP contribution in [0.4, 0.5) is 13.2 Å². The molecule has 1 amide bonds. The van der Waals surface area contributed by atoms with Crippen molar-refractivity contribution in [2.24, 2.45) is 4.99 Å². The number of carbonyl (C=O) groups is 1. The predicted octanol–water partition coefficient (Wildman–Crippen LogP) is 3.08. The van der Waals surface area contributed by atoms with E-state index in [-0.39, 0.29) is 43.0 Å². The average Bonchev–Trinajstić information content (AvgIpc) is 2.69. The van der Waals surface area contributed by atoms with Crippen LogP contribution in [0.1, 0.15) is 16.8 Å². The van der Waals surface area contributed by atoms with Gasteiger partial charge < -0.3 is 15.5 Å². The largest absolute Gasteiger partial charge is 0.416 e. The smallest absolute Gasteiger partial charge is 0.356 e. The molecule has 0 saturated carbocycles. The summed E-state index contributed by atoms with van der Waals surface area (Å²) in [6.07, 6.45) is -2.07.